The zero-order chi connectivity index (χ0) is 11.4. The van der Waals surface area contributed by atoms with Gasteiger partial charge in [0.15, 0.2) is 5.13 Å². The van der Waals surface area contributed by atoms with Crippen LogP contribution in [0.1, 0.15) is 13.8 Å². The molecule has 0 radical (unpaired) electrons. The number of hydrogen-bond acceptors (Lipinski definition) is 3. The lowest BCUT2D eigenvalue weighted by atomic mass is 10.2. The van der Waals surface area contributed by atoms with E-state index in [1.54, 1.807) is 11.3 Å². The van der Waals surface area contributed by atoms with Crippen molar-refractivity contribution in [2.24, 2.45) is 0 Å². The quantitative estimate of drug-likeness (QED) is 0.799. The van der Waals surface area contributed by atoms with Crippen molar-refractivity contribution < 1.29 is 0 Å². The van der Waals surface area contributed by atoms with E-state index in [0.29, 0.717) is 0 Å². The maximum absolute atomic E-state index is 4.67. The average Bonchev–Trinajstić information content (AvgIpc) is 2.81. The first-order chi connectivity index (χ1) is 7.85. The van der Waals surface area contributed by atoms with Gasteiger partial charge in [0.2, 0.25) is 0 Å². The summed E-state index contributed by atoms with van der Waals surface area (Å²) in [6.07, 6.45) is 0. The molecule has 0 saturated carbocycles. The van der Waals surface area contributed by atoms with E-state index in [9.17, 15) is 0 Å². The molecule has 0 spiro atoms. The van der Waals surface area contributed by atoms with E-state index in [1.807, 2.05) is 18.2 Å². The zero-order valence-electron chi connectivity index (χ0n) is 9.68. The number of anilines is 1. The van der Waals surface area contributed by atoms with Gasteiger partial charge in [-0.25, -0.2) is 4.98 Å². The number of benzene rings is 1. The molecule has 2 rings (SSSR count). The molecule has 2 aromatic rings. The molecule has 0 N–H and O–H groups in total. The summed E-state index contributed by atoms with van der Waals surface area (Å²) in [4.78, 5) is 6.94. The molecule has 3 heteroatoms. The molecule has 0 amide bonds. The van der Waals surface area contributed by atoms with E-state index >= 15 is 0 Å². The minimum Gasteiger partial charge on any atom is -0.349 e. The van der Waals surface area contributed by atoms with Crippen molar-refractivity contribution in [3.05, 3.63) is 35.7 Å². The van der Waals surface area contributed by atoms with Gasteiger partial charge in [-0.1, -0.05) is 30.3 Å². The van der Waals surface area contributed by atoms with Crippen LogP contribution in [0.5, 0.6) is 0 Å². The summed E-state index contributed by atoms with van der Waals surface area (Å²) in [5, 5.41) is 3.24. The van der Waals surface area contributed by atoms with Gasteiger partial charge in [0.05, 0.1) is 5.69 Å². The van der Waals surface area contributed by atoms with Crippen LogP contribution in [-0.2, 0) is 0 Å². The second-order valence-corrected chi connectivity index (χ2v) is 4.39. The molecule has 1 heterocycles. The standard InChI is InChI=1S/C13H16N2S/c1-3-15(4-2)13-14-12(10-16-13)11-8-6-5-7-9-11/h5-10H,3-4H2,1-2H3. The molecule has 84 valence electrons. The van der Waals surface area contributed by atoms with Crippen molar-refractivity contribution in [1.82, 2.24) is 4.98 Å². The van der Waals surface area contributed by atoms with Crippen LogP contribution < -0.4 is 4.90 Å². The number of nitrogens with zero attached hydrogens (tertiary/aromatic N) is 2. The van der Waals surface area contributed by atoms with Crippen molar-refractivity contribution in [1.29, 1.82) is 0 Å². The molecule has 0 aliphatic carbocycles. The third-order valence-corrected chi connectivity index (χ3v) is 3.50. The Morgan fingerprint density at radius 1 is 1.12 bits per heavy atom. The summed E-state index contributed by atoms with van der Waals surface area (Å²) in [7, 11) is 0. The molecule has 0 aliphatic heterocycles. The Balaban J connectivity index is 2.26. The van der Waals surface area contributed by atoms with Gasteiger partial charge in [0.1, 0.15) is 0 Å². The van der Waals surface area contributed by atoms with E-state index in [0.717, 1.165) is 23.9 Å². The van der Waals surface area contributed by atoms with E-state index in [-0.39, 0.29) is 0 Å². The fourth-order valence-electron chi connectivity index (χ4n) is 1.65. The fourth-order valence-corrected chi connectivity index (χ4v) is 2.61. The van der Waals surface area contributed by atoms with Gasteiger partial charge in [-0.2, -0.15) is 0 Å². The number of hydrogen-bond donors (Lipinski definition) is 0. The third-order valence-electron chi connectivity index (χ3n) is 2.60. The van der Waals surface area contributed by atoms with E-state index in [4.69, 9.17) is 0 Å². The SMILES string of the molecule is CCN(CC)c1nc(-c2ccccc2)cs1. The molecular weight excluding hydrogens is 216 g/mol. The highest BCUT2D eigenvalue weighted by Crippen LogP contribution is 2.26. The summed E-state index contributed by atoms with van der Waals surface area (Å²) in [5.41, 5.74) is 2.27. The molecule has 1 aromatic carbocycles. The van der Waals surface area contributed by atoms with Crippen LogP contribution in [0.2, 0.25) is 0 Å². The highest BCUT2D eigenvalue weighted by molar-refractivity contribution is 7.14. The molecule has 1 aromatic heterocycles. The Hall–Kier alpha value is -1.35. The number of aromatic nitrogens is 1. The molecular formula is C13H16N2S. The van der Waals surface area contributed by atoms with Crippen LogP contribution in [0.15, 0.2) is 35.7 Å². The Morgan fingerprint density at radius 3 is 2.44 bits per heavy atom. The second kappa shape index (κ2) is 5.12. The van der Waals surface area contributed by atoms with Crippen molar-refractivity contribution in [3.8, 4) is 11.3 Å². The fraction of sp³-hybridized carbons (Fsp3) is 0.308. The van der Waals surface area contributed by atoms with Crippen molar-refractivity contribution in [2.45, 2.75) is 13.8 Å². The Kier molecular flexibility index (Phi) is 3.57. The first-order valence-corrected chi connectivity index (χ1v) is 6.49. The van der Waals surface area contributed by atoms with Crippen LogP contribution in [-0.4, -0.2) is 18.1 Å². The summed E-state index contributed by atoms with van der Waals surface area (Å²) in [6.45, 7) is 6.34. The highest BCUT2D eigenvalue weighted by Gasteiger charge is 2.08. The van der Waals surface area contributed by atoms with Gasteiger partial charge in [0, 0.05) is 24.0 Å². The Morgan fingerprint density at radius 2 is 1.81 bits per heavy atom. The molecule has 0 saturated heterocycles. The first-order valence-electron chi connectivity index (χ1n) is 5.61. The predicted molar refractivity (Wildman–Crippen MR) is 71.1 cm³/mol. The summed E-state index contributed by atoms with van der Waals surface area (Å²) >= 11 is 1.72. The van der Waals surface area contributed by atoms with Gasteiger partial charge in [-0.3, -0.25) is 0 Å². The van der Waals surface area contributed by atoms with Crippen molar-refractivity contribution in [2.75, 3.05) is 18.0 Å². The van der Waals surface area contributed by atoms with E-state index in [1.165, 1.54) is 5.56 Å². The molecule has 0 fully saturated rings. The minimum absolute atomic E-state index is 1.01. The molecule has 0 atom stereocenters. The third kappa shape index (κ3) is 2.25. The lowest BCUT2D eigenvalue weighted by Gasteiger charge is -2.16. The Labute approximate surface area is 101 Å². The molecule has 16 heavy (non-hydrogen) atoms. The van der Waals surface area contributed by atoms with Gasteiger partial charge in [-0.15, -0.1) is 11.3 Å². The van der Waals surface area contributed by atoms with Crippen LogP contribution in [0.4, 0.5) is 5.13 Å². The first kappa shape index (κ1) is 11.1. The molecule has 2 nitrogen and oxygen atoms in total. The van der Waals surface area contributed by atoms with Crippen LogP contribution in [0, 0.1) is 0 Å². The van der Waals surface area contributed by atoms with Gasteiger partial charge in [0.25, 0.3) is 0 Å². The normalized spacial score (nSPS) is 10.4. The summed E-state index contributed by atoms with van der Waals surface area (Å²) in [5.74, 6) is 0. The monoisotopic (exact) mass is 232 g/mol. The van der Waals surface area contributed by atoms with E-state index in [2.05, 4.69) is 41.2 Å². The highest BCUT2D eigenvalue weighted by atomic mass is 32.1. The van der Waals surface area contributed by atoms with E-state index < -0.39 is 0 Å². The van der Waals surface area contributed by atoms with Crippen LogP contribution >= 0.6 is 11.3 Å². The van der Waals surface area contributed by atoms with Crippen molar-refractivity contribution >= 4 is 16.5 Å². The minimum atomic E-state index is 1.01. The van der Waals surface area contributed by atoms with Gasteiger partial charge < -0.3 is 4.90 Å². The van der Waals surface area contributed by atoms with Gasteiger partial charge >= 0.3 is 0 Å². The van der Waals surface area contributed by atoms with Crippen LogP contribution in [0.3, 0.4) is 0 Å². The largest absolute Gasteiger partial charge is 0.349 e. The maximum Gasteiger partial charge on any atom is 0.185 e. The van der Waals surface area contributed by atoms with Gasteiger partial charge in [-0.05, 0) is 13.8 Å². The zero-order valence-corrected chi connectivity index (χ0v) is 10.5. The number of rotatable bonds is 4. The lowest BCUT2D eigenvalue weighted by molar-refractivity contribution is 0.860. The average molecular weight is 232 g/mol. The lowest BCUT2D eigenvalue weighted by Crippen LogP contribution is -2.21. The van der Waals surface area contributed by atoms with Crippen LogP contribution in [0.25, 0.3) is 11.3 Å². The summed E-state index contributed by atoms with van der Waals surface area (Å²) < 4.78 is 0. The summed E-state index contributed by atoms with van der Waals surface area (Å²) in [6, 6.07) is 10.3. The maximum atomic E-state index is 4.67. The predicted octanol–water partition coefficient (Wildman–Crippen LogP) is 3.66. The smallest absolute Gasteiger partial charge is 0.185 e. The molecule has 0 aliphatic rings. The second-order valence-electron chi connectivity index (χ2n) is 3.55. The number of thiazole rings is 1. The van der Waals surface area contributed by atoms with Crippen molar-refractivity contribution in [3.63, 3.8) is 0 Å². The molecule has 0 unspecified atom stereocenters. The Bertz CT molecular complexity index is 432. The molecule has 0 bridgehead atoms. The topological polar surface area (TPSA) is 16.1 Å².